The molecule has 26 heavy (non-hydrogen) atoms. The molecule has 1 fully saturated rings. The van der Waals surface area contributed by atoms with Crippen molar-refractivity contribution in [3.63, 3.8) is 0 Å². The van der Waals surface area contributed by atoms with E-state index in [1.165, 1.54) is 5.56 Å². The SMILES string of the molecule is O=C(CCc1ccccc1)N1CCCN(c2nc3ccccc3[nH]2)CC1. The maximum absolute atomic E-state index is 12.6. The molecule has 1 saturated heterocycles. The van der Waals surface area contributed by atoms with E-state index >= 15 is 0 Å². The molecule has 0 bridgehead atoms. The van der Waals surface area contributed by atoms with Gasteiger partial charge in [0.2, 0.25) is 11.9 Å². The molecular formula is C21H24N4O. The predicted molar refractivity (Wildman–Crippen MR) is 104 cm³/mol. The van der Waals surface area contributed by atoms with Crippen LogP contribution in [0.4, 0.5) is 5.95 Å². The highest BCUT2D eigenvalue weighted by atomic mass is 16.2. The molecule has 1 N–H and O–H groups in total. The third kappa shape index (κ3) is 3.72. The zero-order valence-electron chi connectivity index (χ0n) is 14.9. The van der Waals surface area contributed by atoms with Crippen molar-refractivity contribution < 1.29 is 4.79 Å². The van der Waals surface area contributed by atoms with Gasteiger partial charge in [-0.3, -0.25) is 4.79 Å². The number of aromatic amines is 1. The fraction of sp³-hybridized carbons (Fsp3) is 0.333. The number of para-hydroxylation sites is 2. The van der Waals surface area contributed by atoms with E-state index in [0.29, 0.717) is 6.42 Å². The van der Waals surface area contributed by atoms with Crippen molar-refractivity contribution in [2.45, 2.75) is 19.3 Å². The Labute approximate surface area is 153 Å². The highest BCUT2D eigenvalue weighted by molar-refractivity contribution is 5.78. The molecular weight excluding hydrogens is 324 g/mol. The van der Waals surface area contributed by atoms with Gasteiger partial charge in [0.05, 0.1) is 11.0 Å². The van der Waals surface area contributed by atoms with Crippen molar-refractivity contribution in [2.24, 2.45) is 0 Å². The number of H-pyrrole nitrogens is 1. The Morgan fingerprint density at radius 2 is 1.77 bits per heavy atom. The zero-order chi connectivity index (χ0) is 17.8. The predicted octanol–water partition coefficient (Wildman–Crippen LogP) is 3.23. The van der Waals surface area contributed by atoms with E-state index in [9.17, 15) is 4.79 Å². The van der Waals surface area contributed by atoms with E-state index in [4.69, 9.17) is 4.98 Å². The van der Waals surface area contributed by atoms with Crippen LogP contribution in [0.3, 0.4) is 0 Å². The van der Waals surface area contributed by atoms with Crippen molar-refractivity contribution >= 4 is 22.9 Å². The van der Waals surface area contributed by atoms with Gasteiger partial charge < -0.3 is 14.8 Å². The normalized spacial score (nSPS) is 15.2. The monoisotopic (exact) mass is 348 g/mol. The summed E-state index contributed by atoms with van der Waals surface area (Å²) in [6, 6.07) is 18.3. The molecule has 0 aliphatic carbocycles. The summed E-state index contributed by atoms with van der Waals surface area (Å²) in [4.78, 5) is 24.9. The number of carbonyl (C=O) groups is 1. The number of hydrogen-bond donors (Lipinski definition) is 1. The van der Waals surface area contributed by atoms with Crippen molar-refractivity contribution in [1.82, 2.24) is 14.9 Å². The summed E-state index contributed by atoms with van der Waals surface area (Å²) < 4.78 is 0. The molecule has 3 aromatic rings. The number of amides is 1. The lowest BCUT2D eigenvalue weighted by Crippen LogP contribution is -2.35. The smallest absolute Gasteiger partial charge is 0.222 e. The second kappa shape index (κ2) is 7.60. The lowest BCUT2D eigenvalue weighted by atomic mass is 10.1. The Morgan fingerprint density at radius 1 is 0.962 bits per heavy atom. The summed E-state index contributed by atoms with van der Waals surface area (Å²) in [7, 11) is 0. The molecule has 0 spiro atoms. The largest absolute Gasteiger partial charge is 0.341 e. The summed E-state index contributed by atoms with van der Waals surface area (Å²) >= 11 is 0. The van der Waals surface area contributed by atoms with Crippen LogP contribution in [-0.2, 0) is 11.2 Å². The van der Waals surface area contributed by atoms with E-state index in [1.54, 1.807) is 0 Å². The lowest BCUT2D eigenvalue weighted by molar-refractivity contribution is -0.130. The fourth-order valence-electron chi connectivity index (χ4n) is 3.52. The average Bonchev–Trinajstić information content (AvgIpc) is 2.96. The number of carbonyl (C=O) groups excluding carboxylic acids is 1. The molecule has 1 aliphatic rings. The average molecular weight is 348 g/mol. The van der Waals surface area contributed by atoms with Gasteiger partial charge in [-0.25, -0.2) is 4.98 Å². The first-order valence-electron chi connectivity index (χ1n) is 9.31. The van der Waals surface area contributed by atoms with Crippen LogP contribution in [0.1, 0.15) is 18.4 Å². The van der Waals surface area contributed by atoms with Gasteiger partial charge in [0.25, 0.3) is 0 Å². The van der Waals surface area contributed by atoms with Crippen LogP contribution >= 0.6 is 0 Å². The number of rotatable bonds is 4. The highest BCUT2D eigenvalue weighted by Gasteiger charge is 2.20. The molecule has 2 aromatic carbocycles. The van der Waals surface area contributed by atoms with E-state index in [2.05, 4.69) is 22.0 Å². The minimum atomic E-state index is 0.250. The van der Waals surface area contributed by atoms with E-state index in [1.807, 2.05) is 47.4 Å². The van der Waals surface area contributed by atoms with Crippen molar-refractivity contribution in [3.8, 4) is 0 Å². The van der Waals surface area contributed by atoms with Crippen LogP contribution < -0.4 is 4.90 Å². The van der Waals surface area contributed by atoms with Crippen molar-refractivity contribution in [2.75, 3.05) is 31.1 Å². The summed E-state index contributed by atoms with van der Waals surface area (Å²) in [5.41, 5.74) is 3.27. The number of nitrogens with zero attached hydrogens (tertiary/aromatic N) is 3. The van der Waals surface area contributed by atoms with Gasteiger partial charge in [0.1, 0.15) is 0 Å². The van der Waals surface area contributed by atoms with Gasteiger partial charge in [-0.2, -0.15) is 0 Å². The van der Waals surface area contributed by atoms with E-state index < -0.39 is 0 Å². The van der Waals surface area contributed by atoms with Gasteiger partial charge in [0, 0.05) is 32.6 Å². The second-order valence-electron chi connectivity index (χ2n) is 6.78. The number of aromatic nitrogens is 2. The van der Waals surface area contributed by atoms with Crippen molar-refractivity contribution in [1.29, 1.82) is 0 Å². The first-order chi connectivity index (χ1) is 12.8. The Bertz CT molecular complexity index is 841. The maximum atomic E-state index is 12.6. The first kappa shape index (κ1) is 16.6. The van der Waals surface area contributed by atoms with Gasteiger partial charge in [-0.15, -0.1) is 0 Å². The molecule has 0 unspecified atom stereocenters. The van der Waals surface area contributed by atoms with Crippen LogP contribution in [-0.4, -0.2) is 47.0 Å². The summed E-state index contributed by atoms with van der Waals surface area (Å²) in [5.74, 6) is 1.16. The summed E-state index contributed by atoms with van der Waals surface area (Å²) in [6.07, 6.45) is 2.35. The van der Waals surface area contributed by atoms with Crippen LogP contribution in [0.25, 0.3) is 11.0 Å². The maximum Gasteiger partial charge on any atom is 0.222 e. The lowest BCUT2D eigenvalue weighted by Gasteiger charge is -2.21. The molecule has 1 amide bonds. The first-order valence-corrected chi connectivity index (χ1v) is 9.31. The van der Waals surface area contributed by atoms with Crippen LogP contribution in [0, 0.1) is 0 Å². The number of hydrogen-bond acceptors (Lipinski definition) is 3. The number of nitrogens with one attached hydrogen (secondary N) is 1. The molecule has 2 heterocycles. The van der Waals surface area contributed by atoms with Gasteiger partial charge >= 0.3 is 0 Å². The topological polar surface area (TPSA) is 52.2 Å². The molecule has 0 saturated carbocycles. The molecule has 134 valence electrons. The minimum absolute atomic E-state index is 0.250. The molecule has 5 nitrogen and oxygen atoms in total. The van der Waals surface area contributed by atoms with Crippen LogP contribution in [0.5, 0.6) is 0 Å². The number of imidazole rings is 1. The minimum Gasteiger partial charge on any atom is -0.341 e. The van der Waals surface area contributed by atoms with Gasteiger partial charge in [0.15, 0.2) is 0 Å². The zero-order valence-corrected chi connectivity index (χ0v) is 14.9. The molecule has 0 atom stereocenters. The van der Waals surface area contributed by atoms with Gasteiger partial charge in [-0.1, -0.05) is 42.5 Å². The third-order valence-electron chi connectivity index (χ3n) is 5.00. The third-order valence-corrected chi connectivity index (χ3v) is 5.00. The molecule has 4 rings (SSSR count). The molecule has 0 radical (unpaired) electrons. The Kier molecular flexibility index (Phi) is 4.86. The molecule has 1 aromatic heterocycles. The molecule has 1 aliphatic heterocycles. The summed E-state index contributed by atoms with van der Waals surface area (Å²) in [5, 5.41) is 0. The number of anilines is 1. The van der Waals surface area contributed by atoms with Crippen LogP contribution in [0.15, 0.2) is 54.6 Å². The van der Waals surface area contributed by atoms with Gasteiger partial charge in [-0.05, 0) is 30.5 Å². The Balaban J connectivity index is 1.36. The van der Waals surface area contributed by atoms with Crippen LogP contribution in [0.2, 0.25) is 0 Å². The standard InChI is InChI=1S/C21H24N4O/c26-20(12-11-17-7-2-1-3-8-17)24-13-6-14-25(16-15-24)21-22-18-9-4-5-10-19(18)23-21/h1-5,7-10H,6,11-16H2,(H,22,23). The van der Waals surface area contributed by atoms with E-state index in [0.717, 1.165) is 56.0 Å². The second-order valence-corrected chi connectivity index (χ2v) is 6.78. The Morgan fingerprint density at radius 3 is 2.62 bits per heavy atom. The summed E-state index contributed by atoms with van der Waals surface area (Å²) in [6.45, 7) is 3.31. The van der Waals surface area contributed by atoms with E-state index in [-0.39, 0.29) is 5.91 Å². The quantitative estimate of drug-likeness (QED) is 0.787. The van der Waals surface area contributed by atoms with Crippen molar-refractivity contribution in [3.05, 3.63) is 60.2 Å². The molecule has 5 heteroatoms. The number of fused-ring (bicyclic) bond motifs is 1. The number of benzene rings is 2. The fourth-order valence-corrected chi connectivity index (χ4v) is 3.52. The highest BCUT2D eigenvalue weighted by Crippen LogP contribution is 2.18. The Hall–Kier alpha value is -2.82. The number of aryl methyl sites for hydroxylation is 1.